The van der Waals surface area contributed by atoms with Gasteiger partial charge in [-0.2, -0.15) is 0 Å². The predicted molar refractivity (Wildman–Crippen MR) is 129 cm³/mol. The Morgan fingerprint density at radius 3 is 2.03 bits per heavy atom. The van der Waals surface area contributed by atoms with E-state index in [9.17, 15) is 9.90 Å². The van der Waals surface area contributed by atoms with Gasteiger partial charge in [-0.15, -0.1) is 0 Å². The largest absolute Gasteiger partial charge is 0.477 e. The average molecular weight is 475 g/mol. The second-order valence-corrected chi connectivity index (χ2v) is 10.2. The molecule has 31 heavy (non-hydrogen) atoms. The molecule has 0 saturated carbocycles. The first kappa shape index (κ1) is 22.3. The van der Waals surface area contributed by atoms with E-state index in [2.05, 4.69) is 18.7 Å². The van der Waals surface area contributed by atoms with E-state index in [1.165, 1.54) is 11.8 Å². The van der Waals surface area contributed by atoms with Gasteiger partial charge in [0.1, 0.15) is 16.0 Å². The molecule has 0 aromatic heterocycles. The number of fused-ring (bicyclic) bond motifs is 1. The fourth-order valence-electron chi connectivity index (χ4n) is 4.93. The van der Waals surface area contributed by atoms with Crippen molar-refractivity contribution in [1.82, 2.24) is 4.90 Å². The van der Waals surface area contributed by atoms with Crippen LogP contribution in [-0.2, 0) is 15.9 Å². The smallest absolute Gasteiger partial charge is 0.344 e. The highest BCUT2D eigenvalue weighted by molar-refractivity contribution is 8.18. The minimum Gasteiger partial charge on any atom is -0.477 e. The molecule has 4 nitrogen and oxygen atoms in total. The van der Waals surface area contributed by atoms with Crippen molar-refractivity contribution in [3.05, 3.63) is 80.3 Å². The van der Waals surface area contributed by atoms with Gasteiger partial charge < -0.3 is 10.0 Å². The van der Waals surface area contributed by atoms with Crippen LogP contribution in [0, 0.1) is 5.92 Å². The van der Waals surface area contributed by atoms with Crippen molar-refractivity contribution in [3.63, 3.8) is 0 Å². The maximum atomic E-state index is 12.1. The van der Waals surface area contributed by atoms with Crippen molar-refractivity contribution >= 4 is 46.1 Å². The van der Waals surface area contributed by atoms with E-state index < -0.39 is 17.0 Å². The number of hydrogen-bond donors (Lipinski definition) is 1. The van der Waals surface area contributed by atoms with Gasteiger partial charge in [-0.1, -0.05) is 68.2 Å². The van der Waals surface area contributed by atoms with Crippen LogP contribution >= 0.6 is 35.0 Å². The lowest BCUT2D eigenvalue weighted by molar-refractivity contribution is -0.132. The van der Waals surface area contributed by atoms with Crippen LogP contribution in [0.1, 0.15) is 45.2 Å². The standard InChI is InChI=1S/C24H24Cl2N2O2S/c1-5-24(16-8-12-18(26)13-9-16)23(4,15-6-10-17(25)11-7-15)27-22-28(24)19(14(2)3)20(31-22)21(29)30/h6-14H,5H2,1-4H3,(H,29,30)/t23-,24+/m0/s1. The number of aliphatic carboxylic acids is 1. The third-order valence-corrected chi connectivity index (χ3v) is 7.89. The lowest BCUT2D eigenvalue weighted by Gasteiger charge is -2.48. The molecule has 2 atom stereocenters. The summed E-state index contributed by atoms with van der Waals surface area (Å²) in [5, 5.41) is 12.0. The van der Waals surface area contributed by atoms with Crippen molar-refractivity contribution in [2.24, 2.45) is 10.9 Å². The molecular weight excluding hydrogens is 451 g/mol. The summed E-state index contributed by atoms with van der Waals surface area (Å²) >= 11 is 13.6. The fraction of sp³-hybridized carbons (Fsp3) is 0.333. The van der Waals surface area contributed by atoms with Gasteiger partial charge in [0, 0.05) is 15.7 Å². The van der Waals surface area contributed by atoms with E-state index in [-0.39, 0.29) is 5.92 Å². The first-order valence-corrected chi connectivity index (χ1v) is 11.8. The molecule has 1 N–H and O–H groups in total. The number of halogens is 2. The fourth-order valence-corrected chi connectivity index (χ4v) is 6.46. The maximum Gasteiger partial charge on any atom is 0.344 e. The summed E-state index contributed by atoms with van der Waals surface area (Å²) in [6.45, 7) is 8.31. The number of carbonyl (C=O) groups is 1. The summed E-state index contributed by atoms with van der Waals surface area (Å²) in [7, 11) is 0. The highest BCUT2D eigenvalue weighted by atomic mass is 35.5. The Bertz CT molecular complexity index is 1100. The van der Waals surface area contributed by atoms with E-state index in [0.717, 1.165) is 22.0 Å². The third-order valence-electron chi connectivity index (χ3n) is 6.35. The van der Waals surface area contributed by atoms with Gasteiger partial charge in [0.2, 0.25) is 0 Å². The normalized spacial score (nSPS) is 25.3. The number of aliphatic imine (C=N–C) groups is 1. The van der Waals surface area contributed by atoms with Gasteiger partial charge in [0.05, 0.1) is 0 Å². The molecule has 0 spiro atoms. The molecule has 2 aromatic carbocycles. The van der Waals surface area contributed by atoms with Gasteiger partial charge in [-0.25, -0.2) is 9.79 Å². The van der Waals surface area contributed by atoms with Crippen LogP contribution in [-0.4, -0.2) is 21.1 Å². The molecule has 0 amide bonds. The van der Waals surface area contributed by atoms with Gasteiger partial charge >= 0.3 is 5.97 Å². The first-order chi connectivity index (χ1) is 14.7. The zero-order valence-electron chi connectivity index (χ0n) is 17.8. The van der Waals surface area contributed by atoms with E-state index in [1.54, 1.807) is 0 Å². The highest BCUT2D eigenvalue weighted by Gasteiger charge is 2.62. The number of amidine groups is 1. The molecule has 2 heterocycles. The molecule has 0 radical (unpaired) electrons. The van der Waals surface area contributed by atoms with E-state index in [4.69, 9.17) is 28.2 Å². The zero-order chi connectivity index (χ0) is 22.6. The summed E-state index contributed by atoms with van der Waals surface area (Å²) in [6, 6.07) is 15.6. The van der Waals surface area contributed by atoms with Gasteiger partial charge in [-0.05, 0) is 66.4 Å². The topological polar surface area (TPSA) is 52.9 Å². The molecule has 162 valence electrons. The second-order valence-electron chi connectivity index (χ2n) is 8.31. The van der Waals surface area contributed by atoms with Crippen molar-refractivity contribution in [2.75, 3.05) is 0 Å². The number of allylic oxidation sites excluding steroid dienone is 1. The molecular formula is C24H24Cl2N2O2S. The van der Waals surface area contributed by atoms with Crippen molar-refractivity contribution in [2.45, 2.75) is 45.2 Å². The van der Waals surface area contributed by atoms with Crippen LogP contribution in [0.2, 0.25) is 10.0 Å². The van der Waals surface area contributed by atoms with Crippen LogP contribution in [0.3, 0.4) is 0 Å². The summed E-state index contributed by atoms with van der Waals surface area (Å²) in [5.74, 6) is -0.905. The Morgan fingerprint density at radius 2 is 1.58 bits per heavy atom. The summed E-state index contributed by atoms with van der Waals surface area (Å²) < 4.78 is 0. The molecule has 0 aliphatic carbocycles. The number of hydrogen-bond acceptors (Lipinski definition) is 4. The molecule has 2 aromatic rings. The predicted octanol–water partition coefficient (Wildman–Crippen LogP) is 6.88. The second kappa shape index (κ2) is 7.88. The average Bonchev–Trinajstić information content (AvgIpc) is 3.21. The van der Waals surface area contributed by atoms with Crippen molar-refractivity contribution in [1.29, 1.82) is 0 Å². The summed E-state index contributed by atoms with van der Waals surface area (Å²) in [4.78, 5) is 19.8. The molecule has 7 heteroatoms. The molecule has 0 unspecified atom stereocenters. The molecule has 0 saturated heterocycles. The Kier molecular flexibility index (Phi) is 5.65. The van der Waals surface area contributed by atoms with Crippen LogP contribution in [0.25, 0.3) is 0 Å². The minimum atomic E-state index is -0.917. The molecule has 2 aliphatic rings. The lowest BCUT2D eigenvalue weighted by atomic mass is 9.67. The van der Waals surface area contributed by atoms with Gasteiger partial charge in [-0.3, -0.25) is 0 Å². The molecule has 4 rings (SSSR count). The molecule has 0 fully saturated rings. The van der Waals surface area contributed by atoms with E-state index in [0.29, 0.717) is 21.4 Å². The molecule has 0 bridgehead atoms. The highest BCUT2D eigenvalue weighted by Crippen LogP contribution is 2.60. The number of carboxylic acids is 1. The van der Waals surface area contributed by atoms with Gasteiger partial charge in [0.25, 0.3) is 0 Å². The third kappa shape index (κ3) is 3.21. The number of rotatable bonds is 5. The van der Waals surface area contributed by atoms with Crippen molar-refractivity contribution < 1.29 is 9.90 Å². The van der Waals surface area contributed by atoms with Crippen LogP contribution in [0.15, 0.2) is 64.1 Å². The Balaban J connectivity index is 2.04. The number of nitrogens with zero attached hydrogens (tertiary/aromatic N) is 2. The van der Waals surface area contributed by atoms with Gasteiger partial charge in [0.15, 0.2) is 5.17 Å². The Hall–Kier alpha value is -1.95. The summed E-state index contributed by atoms with van der Waals surface area (Å²) in [5.41, 5.74) is 1.58. The minimum absolute atomic E-state index is 0.0112. The number of benzene rings is 2. The van der Waals surface area contributed by atoms with Crippen LogP contribution < -0.4 is 0 Å². The zero-order valence-corrected chi connectivity index (χ0v) is 20.1. The quantitative estimate of drug-likeness (QED) is 0.512. The lowest BCUT2D eigenvalue weighted by Crippen LogP contribution is -2.53. The Labute approximate surface area is 197 Å². The Morgan fingerprint density at radius 1 is 1.06 bits per heavy atom. The molecule has 2 aliphatic heterocycles. The van der Waals surface area contributed by atoms with Crippen LogP contribution in [0.5, 0.6) is 0 Å². The summed E-state index contributed by atoms with van der Waals surface area (Å²) in [6.07, 6.45) is 0.713. The van der Waals surface area contributed by atoms with E-state index in [1.807, 2.05) is 62.4 Å². The number of carboxylic acid groups (broad SMARTS) is 1. The SMILES string of the molecule is CC[C@]1(c2ccc(Cl)cc2)N2C(=N[C@@]1(C)c1ccc(Cl)cc1)SC(C(=O)O)=C2C(C)C. The van der Waals surface area contributed by atoms with Crippen LogP contribution in [0.4, 0.5) is 0 Å². The first-order valence-electron chi connectivity index (χ1n) is 10.2. The monoisotopic (exact) mass is 474 g/mol. The number of thioether (sulfide) groups is 1. The van der Waals surface area contributed by atoms with Crippen molar-refractivity contribution in [3.8, 4) is 0 Å². The van der Waals surface area contributed by atoms with E-state index >= 15 is 0 Å². The maximum absolute atomic E-state index is 12.1.